The van der Waals surface area contributed by atoms with Gasteiger partial charge in [-0.1, -0.05) is 13.3 Å². The highest BCUT2D eigenvalue weighted by Crippen LogP contribution is 2.19. The second kappa shape index (κ2) is 5.17. The van der Waals surface area contributed by atoms with Crippen LogP contribution in [0.5, 0.6) is 0 Å². The van der Waals surface area contributed by atoms with Crippen molar-refractivity contribution in [2.24, 2.45) is 0 Å². The summed E-state index contributed by atoms with van der Waals surface area (Å²) >= 11 is 0. The van der Waals surface area contributed by atoms with Crippen molar-refractivity contribution in [3.05, 3.63) is 45.8 Å². The highest BCUT2D eigenvalue weighted by molar-refractivity contribution is 5.57. The monoisotopic (exact) mass is 265 g/mol. The Morgan fingerprint density at radius 3 is 2.42 bits per heavy atom. The first-order valence-electron chi connectivity index (χ1n) is 5.86. The number of aromatic amines is 1. The Hall–Kier alpha value is -2.24. The van der Waals surface area contributed by atoms with Gasteiger partial charge in [-0.15, -0.1) is 0 Å². The van der Waals surface area contributed by atoms with E-state index in [1.165, 1.54) is 0 Å². The van der Waals surface area contributed by atoms with E-state index in [4.69, 9.17) is 5.73 Å². The Morgan fingerprint density at radius 1 is 1.26 bits per heavy atom. The molecule has 0 spiro atoms. The van der Waals surface area contributed by atoms with E-state index in [2.05, 4.69) is 9.97 Å². The Kier molecular flexibility index (Phi) is 3.59. The van der Waals surface area contributed by atoms with E-state index in [0.29, 0.717) is 12.0 Å². The number of nitrogens with one attached hydrogen (secondary N) is 1. The molecule has 0 aliphatic heterocycles. The first-order chi connectivity index (χ1) is 9.01. The summed E-state index contributed by atoms with van der Waals surface area (Å²) in [4.78, 5) is 18.3. The molecule has 4 nitrogen and oxygen atoms in total. The van der Waals surface area contributed by atoms with Gasteiger partial charge in [-0.3, -0.25) is 4.79 Å². The molecule has 1 heterocycles. The zero-order valence-corrected chi connectivity index (χ0v) is 10.3. The zero-order valence-electron chi connectivity index (χ0n) is 10.3. The first kappa shape index (κ1) is 13.2. The van der Waals surface area contributed by atoms with E-state index in [1.54, 1.807) is 0 Å². The average molecular weight is 265 g/mol. The SMILES string of the molecule is CCCc1c(N)nc(-c2cc(F)cc(F)c2)[nH]c1=O. The van der Waals surface area contributed by atoms with Crippen LogP contribution in [-0.2, 0) is 6.42 Å². The predicted octanol–water partition coefficient (Wildman–Crippen LogP) is 2.25. The van der Waals surface area contributed by atoms with E-state index in [1.807, 2.05) is 6.92 Å². The molecule has 0 aliphatic rings. The number of halogens is 2. The maximum Gasteiger partial charge on any atom is 0.256 e. The highest BCUT2D eigenvalue weighted by Gasteiger charge is 2.11. The molecule has 3 N–H and O–H groups in total. The minimum Gasteiger partial charge on any atom is -0.383 e. The number of nitrogens with zero attached hydrogens (tertiary/aromatic N) is 1. The lowest BCUT2D eigenvalue weighted by Gasteiger charge is -2.06. The standard InChI is InChI=1S/C13H13F2N3O/c1-2-3-10-11(16)17-12(18-13(10)19)7-4-8(14)6-9(15)5-7/h4-6H,2-3H2,1H3,(H3,16,17,18,19). The molecule has 0 unspecified atom stereocenters. The van der Waals surface area contributed by atoms with Crippen molar-refractivity contribution in [3.63, 3.8) is 0 Å². The summed E-state index contributed by atoms with van der Waals surface area (Å²) in [6, 6.07) is 2.91. The van der Waals surface area contributed by atoms with Crippen LogP contribution in [0.1, 0.15) is 18.9 Å². The van der Waals surface area contributed by atoms with Gasteiger partial charge in [-0.05, 0) is 18.6 Å². The van der Waals surface area contributed by atoms with Crippen LogP contribution < -0.4 is 11.3 Å². The highest BCUT2D eigenvalue weighted by atomic mass is 19.1. The topological polar surface area (TPSA) is 71.8 Å². The molecule has 0 amide bonds. The van der Waals surface area contributed by atoms with Crippen LogP contribution in [0.25, 0.3) is 11.4 Å². The van der Waals surface area contributed by atoms with Gasteiger partial charge in [0, 0.05) is 11.6 Å². The number of H-pyrrole nitrogens is 1. The second-order valence-corrected chi connectivity index (χ2v) is 4.19. The van der Waals surface area contributed by atoms with E-state index in [9.17, 15) is 13.6 Å². The number of nitrogens with two attached hydrogens (primary N) is 1. The predicted molar refractivity (Wildman–Crippen MR) is 68.6 cm³/mol. The quantitative estimate of drug-likeness (QED) is 0.894. The van der Waals surface area contributed by atoms with Crippen LogP contribution >= 0.6 is 0 Å². The van der Waals surface area contributed by atoms with E-state index < -0.39 is 11.6 Å². The van der Waals surface area contributed by atoms with Crippen molar-refractivity contribution in [2.75, 3.05) is 5.73 Å². The van der Waals surface area contributed by atoms with Crippen LogP contribution in [0.15, 0.2) is 23.0 Å². The number of aromatic nitrogens is 2. The van der Waals surface area contributed by atoms with Gasteiger partial charge in [0.05, 0.1) is 5.56 Å². The van der Waals surface area contributed by atoms with Crippen molar-refractivity contribution >= 4 is 5.82 Å². The van der Waals surface area contributed by atoms with Crippen molar-refractivity contribution in [2.45, 2.75) is 19.8 Å². The molecule has 2 aromatic rings. The average Bonchev–Trinajstić information content (AvgIpc) is 2.32. The minimum atomic E-state index is -0.742. The van der Waals surface area contributed by atoms with E-state index in [0.717, 1.165) is 24.6 Å². The molecule has 0 atom stereocenters. The lowest BCUT2D eigenvalue weighted by Crippen LogP contribution is -2.18. The third kappa shape index (κ3) is 2.78. The third-order valence-corrected chi connectivity index (χ3v) is 2.68. The van der Waals surface area contributed by atoms with Gasteiger partial charge < -0.3 is 10.7 Å². The normalized spacial score (nSPS) is 10.7. The molecule has 2 rings (SSSR count). The lowest BCUT2D eigenvalue weighted by atomic mass is 10.1. The Bertz CT molecular complexity index is 647. The van der Waals surface area contributed by atoms with Gasteiger partial charge in [0.25, 0.3) is 5.56 Å². The molecule has 0 fully saturated rings. The molecule has 100 valence electrons. The molecule has 0 radical (unpaired) electrons. The summed E-state index contributed by atoms with van der Waals surface area (Å²) in [6.07, 6.45) is 1.26. The van der Waals surface area contributed by atoms with Crippen LogP contribution in [0, 0.1) is 11.6 Å². The van der Waals surface area contributed by atoms with Gasteiger partial charge in [0.15, 0.2) is 0 Å². The summed E-state index contributed by atoms with van der Waals surface area (Å²) in [7, 11) is 0. The zero-order chi connectivity index (χ0) is 14.0. The fraction of sp³-hybridized carbons (Fsp3) is 0.231. The lowest BCUT2D eigenvalue weighted by molar-refractivity contribution is 0.584. The number of benzene rings is 1. The molecule has 0 aliphatic carbocycles. The molecule has 0 bridgehead atoms. The van der Waals surface area contributed by atoms with Gasteiger partial charge in [0.2, 0.25) is 0 Å². The van der Waals surface area contributed by atoms with E-state index in [-0.39, 0.29) is 22.8 Å². The molecular formula is C13H13F2N3O. The molecule has 1 aromatic heterocycles. The van der Waals surface area contributed by atoms with Crippen molar-refractivity contribution in [1.82, 2.24) is 9.97 Å². The molecule has 0 saturated carbocycles. The summed E-state index contributed by atoms with van der Waals surface area (Å²) in [6.45, 7) is 1.91. The third-order valence-electron chi connectivity index (χ3n) is 2.68. The van der Waals surface area contributed by atoms with Crippen LogP contribution in [0.2, 0.25) is 0 Å². The maximum atomic E-state index is 13.1. The van der Waals surface area contributed by atoms with Gasteiger partial charge in [0.1, 0.15) is 23.3 Å². The second-order valence-electron chi connectivity index (χ2n) is 4.19. The van der Waals surface area contributed by atoms with Gasteiger partial charge in [-0.25, -0.2) is 13.8 Å². The maximum absolute atomic E-state index is 13.1. The molecule has 0 saturated heterocycles. The fourth-order valence-electron chi connectivity index (χ4n) is 1.83. The minimum absolute atomic E-state index is 0.0563. The molecule has 19 heavy (non-hydrogen) atoms. The van der Waals surface area contributed by atoms with Crippen LogP contribution in [-0.4, -0.2) is 9.97 Å². The van der Waals surface area contributed by atoms with Gasteiger partial charge in [-0.2, -0.15) is 0 Å². The van der Waals surface area contributed by atoms with Crippen molar-refractivity contribution in [1.29, 1.82) is 0 Å². The summed E-state index contributed by atoms with van der Waals surface area (Å²) in [5.74, 6) is -1.34. The molecule has 6 heteroatoms. The smallest absolute Gasteiger partial charge is 0.256 e. The summed E-state index contributed by atoms with van der Waals surface area (Å²) in [5, 5.41) is 0. The van der Waals surface area contributed by atoms with Crippen LogP contribution in [0.3, 0.4) is 0 Å². The molecular weight excluding hydrogens is 252 g/mol. The number of hydrogen-bond donors (Lipinski definition) is 2. The van der Waals surface area contributed by atoms with E-state index >= 15 is 0 Å². The Balaban J connectivity index is 2.55. The van der Waals surface area contributed by atoms with Crippen molar-refractivity contribution in [3.8, 4) is 11.4 Å². The molecule has 1 aromatic carbocycles. The number of nitrogen functional groups attached to an aromatic ring is 1. The number of hydrogen-bond acceptors (Lipinski definition) is 3. The van der Waals surface area contributed by atoms with Crippen molar-refractivity contribution < 1.29 is 8.78 Å². The number of rotatable bonds is 3. The first-order valence-corrected chi connectivity index (χ1v) is 5.86. The largest absolute Gasteiger partial charge is 0.383 e. The number of anilines is 1. The fourth-order valence-corrected chi connectivity index (χ4v) is 1.83. The van der Waals surface area contributed by atoms with Gasteiger partial charge >= 0.3 is 0 Å². The Morgan fingerprint density at radius 2 is 1.89 bits per heavy atom. The summed E-state index contributed by atoms with van der Waals surface area (Å²) < 4.78 is 26.2. The summed E-state index contributed by atoms with van der Waals surface area (Å²) in [5.41, 5.74) is 5.86. The Labute approximate surface area is 108 Å². The van der Waals surface area contributed by atoms with Crippen LogP contribution in [0.4, 0.5) is 14.6 Å².